The Bertz CT molecular complexity index is 834. The van der Waals surface area contributed by atoms with E-state index in [4.69, 9.17) is 33.0 Å². The molecule has 2 aromatic carbocycles. The number of hydrogen-bond acceptors (Lipinski definition) is 3. The lowest BCUT2D eigenvalue weighted by Gasteiger charge is -2.45. The van der Waals surface area contributed by atoms with Crippen LogP contribution < -0.4 is 4.74 Å². The van der Waals surface area contributed by atoms with E-state index in [-0.39, 0.29) is 6.04 Å². The fraction of sp³-hybridized carbons (Fsp3) is 0.350. The second-order valence-corrected chi connectivity index (χ2v) is 7.70. The highest BCUT2D eigenvalue weighted by Crippen LogP contribution is 2.48. The summed E-state index contributed by atoms with van der Waals surface area (Å²) < 4.78 is 6.37. The molecule has 2 aliphatic rings. The van der Waals surface area contributed by atoms with Crippen LogP contribution in [0.3, 0.4) is 0 Å². The number of hydrazone groups is 1. The van der Waals surface area contributed by atoms with E-state index in [1.165, 1.54) is 0 Å². The molecule has 2 aromatic rings. The van der Waals surface area contributed by atoms with Gasteiger partial charge in [0.15, 0.2) is 5.72 Å². The average Bonchev–Trinajstić information content (AvgIpc) is 3.03. The molecule has 0 bridgehead atoms. The van der Waals surface area contributed by atoms with E-state index in [2.05, 4.69) is 18.9 Å². The van der Waals surface area contributed by atoms with Gasteiger partial charge in [-0.1, -0.05) is 48.7 Å². The topological polar surface area (TPSA) is 24.8 Å². The number of nitrogens with zero attached hydrogens (tertiary/aromatic N) is 2. The third-order valence-electron chi connectivity index (χ3n) is 4.95. The zero-order valence-electron chi connectivity index (χ0n) is 14.3. The van der Waals surface area contributed by atoms with Gasteiger partial charge in [0.25, 0.3) is 0 Å². The van der Waals surface area contributed by atoms with Crippen LogP contribution >= 0.6 is 23.2 Å². The fourth-order valence-corrected chi connectivity index (χ4v) is 4.10. The molecule has 0 amide bonds. The van der Waals surface area contributed by atoms with Crippen LogP contribution in [0.15, 0.2) is 47.6 Å². The van der Waals surface area contributed by atoms with Crippen molar-refractivity contribution in [2.45, 2.75) is 44.9 Å². The van der Waals surface area contributed by atoms with Gasteiger partial charge in [-0.2, -0.15) is 5.10 Å². The van der Waals surface area contributed by atoms with Gasteiger partial charge < -0.3 is 4.74 Å². The van der Waals surface area contributed by atoms with Crippen LogP contribution in [-0.4, -0.2) is 16.4 Å². The molecule has 0 spiro atoms. The Morgan fingerprint density at radius 3 is 2.60 bits per heavy atom. The second-order valence-electron chi connectivity index (χ2n) is 6.83. The Hall–Kier alpha value is -1.71. The first-order valence-corrected chi connectivity index (χ1v) is 9.37. The highest BCUT2D eigenvalue weighted by atomic mass is 35.5. The van der Waals surface area contributed by atoms with Crippen LogP contribution in [0.2, 0.25) is 10.0 Å². The van der Waals surface area contributed by atoms with Gasteiger partial charge in [-0.15, -0.1) is 0 Å². The first-order valence-electron chi connectivity index (χ1n) is 8.61. The Morgan fingerprint density at radius 1 is 1.16 bits per heavy atom. The molecule has 2 heterocycles. The number of rotatable bonds is 3. The lowest BCUT2D eigenvalue weighted by atomic mass is 9.94. The van der Waals surface area contributed by atoms with Crippen LogP contribution in [0.25, 0.3) is 0 Å². The van der Waals surface area contributed by atoms with E-state index in [0.717, 1.165) is 51.9 Å². The molecule has 4 rings (SSSR count). The molecule has 0 saturated heterocycles. The maximum atomic E-state index is 6.37. The lowest BCUT2D eigenvalue weighted by molar-refractivity contribution is -0.111. The molecule has 130 valence electrons. The maximum absolute atomic E-state index is 6.37. The van der Waals surface area contributed by atoms with Gasteiger partial charge in [-0.05, 0) is 42.8 Å². The van der Waals surface area contributed by atoms with Crippen molar-refractivity contribution in [3.05, 3.63) is 63.6 Å². The Kier molecular flexibility index (Phi) is 4.17. The molecule has 0 saturated carbocycles. The Balaban J connectivity index is 1.78. The summed E-state index contributed by atoms with van der Waals surface area (Å²) in [4.78, 5) is 0. The molecule has 0 radical (unpaired) electrons. The van der Waals surface area contributed by atoms with Crippen molar-refractivity contribution in [3.8, 4) is 5.75 Å². The Morgan fingerprint density at radius 2 is 1.88 bits per heavy atom. The monoisotopic (exact) mass is 374 g/mol. The number of fused-ring (bicyclic) bond motifs is 3. The summed E-state index contributed by atoms with van der Waals surface area (Å²) in [5, 5.41) is 8.53. The van der Waals surface area contributed by atoms with Gasteiger partial charge in [-0.3, -0.25) is 0 Å². The summed E-state index contributed by atoms with van der Waals surface area (Å²) in [6, 6.07) is 13.9. The van der Waals surface area contributed by atoms with Gasteiger partial charge in [0, 0.05) is 28.5 Å². The molecule has 5 heteroatoms. The van der Waals surface area contributed by atoms with Crippen LogP contribution in [0.5, 0.6) is 5.75 Å². The summed E-state index contributed by atoms with van der Waals surface area (Å²) in [5.41, 5.74) is 2.81. The van der Waals surface area contributed by atoms with Crippen molar-refractivity contribution < 1.29 is 4.74 Å². The quantitative estimate of drug-likeness (QED) is 0.652. The molecule has 25 heavy (non-hydrogen) atoms. The fourth-order valence-electron chi connectivity index (χ4n) is 3.79. The standard InChI is InChI=1S/C20H20Cl2N2O/c1-3-10-20(2)24-18(16-11-15(22)8-9-19(16)25-20)12-17(23-24)13-4-6-14(21)7-5-13/h4-9,11,18H,3,10,12H2,1-2H3/t18-,20+/m0/s1. The first kappa shape index (κ1) is 16.7. The number of ether oxygens (including phenoxy) is 1. The number of benzene rings is 2. The molecule has 0 N–H and O–H groups in total. The minimum Gasteiger partial charge on any atom is -0.466 e. The largest absolute Gasteiger partial charge is 0.466 e. The zero-order chi connectivity index (χ0) is 17.6. The Labute approximate surface area is 158 Å². The van der Waals surface area contributed by atoms with Gasteiger partial charge in [0.1, 0.15) is 5.75 Å². The molecule has 2 aliphatic heterocycles. The summed E-state index contributed by atoms with van der Waals surface area (Å²) in [6.07, 6.45) is 2.76. The summed E-state index contributed by atoms with van der Waals surface area (Å²) in [7, 11) is 0. The molecule has 0 aliphatic carbocycles. The third kappa shape index (κ3) is 2.90. The third-order valence-corrected chi connectivity index (χ3v) is 5.43. The van der Waals surface area contributed by atoms with Crippen molar-refractivity contribution >= 4 is 28.9 Å². The molecule has 3 nitrogen and oxygen atoms in total. The second kappa shape index (κ2) is 6.22. The van der Waals surface area contributed by atoms with E-state index in [0.29, 0.717) is 0 Å². The minimum atomic E-state index is -0.450. The van der Waals surface area contributed by atoms with Crippen LogP contribution in [0, 0.1) is 0 Å². The van der Waals surface area contributed by atoms with Crippen molar-refractivity contribution in [1.82, 2.24) is 5.01 Å². The van der Waals surface area contributed by atoms with Gasteiger partial charge >= 0.3 is 0 Å². The molecule has 0 aromatic heterocycles. The van der Waals surface area contributed by atoms with Gasteiger partial charge in [0.2, 0.25) is 0 Å². The number of halogens is 2. The predicted octanol–water partition coefficient (Wildman–Crippen LogP) is 6.05. The molecular formula is C20H20Cl2N2O. The maximum Gasteiger partial charge on any atom is 0.195 e. The highest BCUT2D eigenvalue weighted by molar-refractivity contribution is 6.31. The van der Waals surface area contributed by atoms with Crippen LogP contribution in [0.1, 0.15) is 50.3 Å². The van der Waals surface area contributed by atoms with Crippen molar-refractivity contribution in [2.24, 2.45) is 5.10 Å². The summed E-state index contributed by atoms with van der Waals surface area (Å²) in [5.74, 6) is 0.911. The lowest BCUT2D eigenvalue weighted by Crippen LogP contribution is -2.51. The van der Waals surface area contributed by atoms with E-state index in [9.17, 15) is 0 Å². The van der Waals surface area contributed by atoms with Crippen molar-refractivity contribution in [3.63, 3.8) is 0 Å². The number of hydrogen-bond donors (Lipinski definition) is 0. The van der Waals surface area contributed by atoms with Gasteiger partial charge in [-0.25, -0.2) is 5.01 Å². The van der Waals surface area contributed by atoms with Crippen molar-refractivity contribution in [1.29, 1.82) is 0 Å². The van der Waals surface area contributed by atoms with Crippen LogP contribution in [-0.2, 0) is 0 Å². The molecule has 0 fully saturated rings. The zero-order valence-corrected chi connectivity index (χ0v) is 15.8. The van der Waals surface area contributed by atoms with E-state index < -0.39 is 5.72 Å². The highest BCUT2D eigenvalue weighted by Gasteiger charge is 2.47. The molecular weight excluding hydrogens is 355 g/mol. The summed E-state index contributed by atoms with van der Waals surface area (Å²) >= 11 is 12.3. The van der Waals surface area contributed by atoms with E-state index in [1.54, 1.807) is 0 Å². The smallest absolute Gasteiger partial charge is 0.195 e. The normalized spacial score (nSPS) is 24.4. The van der Waals surface area contributed by atoms with Crippen LogP contribution in [0.4, 0.5) is 0 Å². The first-order chi connectivity index (χ1) is 12.0. The van der Waals surface area contributed by atoms with Crippen molar-refractivity contribution in [2.75, 3.05) is 0 Å². The van der Waals surface area contributed by atoms with Gasteiger partial charge in [0.05, 0.1) is 11.8 Å². The minimum absolute atomic E-state index is 0.143. The van der Waals surface area contributed by atoms with E-state index >= 15 is 0 Å². The average molecular weight is 375 g/mol. The molecule has 2 atom stereocenters. The predicted molar refractivity (Wildman–Crippen MR) is 103 cm³/mol. The SMILES string of the molecule is CCC[C@@]1(C)Oc2ccc(Cl)cc2[C@@H]2CC(c3ccc(Cl)cc3)=NN21. The molecule has 0 unspecified atom stereocenters. The van der Waals surface area contributed by atoms with E-state index in [1.807, 2.05) is 42.5 Å². The summed E-state index contributed by atoms with van der Waals surface area (Å²) in [6.45, 7) is 4.29.